The molecule has 29 heavy (non-hydrogen) atoms. The van der Waals surface area contributed by atoms with Gasteiger partial charge in [0.2, 0.25) is 0 Å². The Bertz CT molecular complexity index is 991. The number of amides is 1. The highest BCUT2D eigenvalue weighted by Crippen LogP contribution is 2.30. The smallest absolute Gasteiger partial charge is 0.365 e. The third-order valence-electron chi connectivity index (χ3n) is 3.79. The molecule has 1 amide bonds. The van der Waals surface area contributed by atoms with E-state index >= 15 is 0 Å². The molecule has 1 heterocycles. The molecule has 156 valence electrons. The summed E-state index contributed by atoms with van der Waals surface area (Å²) in [6.07, 6.45) is -2.37. The average molecular weight is 427 g/mol. The quantitative estimate of drug-likeness (QED) is 0.733. The van der Waals surface area contributed by atoms with Crippen molar-refractivity contribution in [3.8, 4) is 0 Å². The minimum absolute atomic E-state index is 0.0367. The molecule has 2 rings (SSSR count). The van der Waals surface area contributed by atoms with Gasteiger partial charge in [-0.15, -0.1) is 0 Å². The van der Waals surface area contributed by atoms with Crippen molar-refractivity contribution < 1.29 is 26.4 Å². The summed E-state index contributed by atoms with van der Waals surface area (Å²) < 4.78 is 61.4. The molecule has 2 aromatic rings. The van der Waals surface area contributed by atoms with Crippen molar-refractivity contribution in [3.63, 3.8) is 0 Å². The van der Waals surface area contributed by atoms with Crippen LogP contribution in [0.2, 0.25) is 0 Å². The normalized spacial score (nSPS) is 12.2. The molecule has 1 N–H and O–H groups in total. The highest BCUT2D eigenvalue weighted by molar-refractivity contribution is 7.93. The maximum absolute atomic E-state index is 13.0. The fourth-order valence-electron chi connectivity index (χ4n) is 2.37. The third kappa shape index (κ3) is 6.90. The molecule has 0 bridgehead atoms. The number of pyridine rings is 1. The fourth-order valence-corrected chi connectivity index (χ4v) is 2.81. The first kappa shape index (κ1) is 22.4. The molecular weight excluding hydrogens is 407 g/mol. The van der Waals surface area contributed by atoms with Gasteiger partial charge >= 0.3 is 6.18 Å². The second kappa shape index (κ2) is 9.08. The predicted molar refractivity (Wildman–Crippen MR) is 104 cm³/mol. The second-order valence-electron chi connectivity index (χ2n) is 6.32. The molecule has 0 aliphatic heterocycles. The van der Waals surface area contributed by atoms with E-state index in [0.29, 0.717) is 0 Å². The molecule has 1 aromatic heterocycles. The summed E-state index contributed by atoms with van der Waals surface area (Å²) in [5.41, 5.74) is -0.372. The van der Waals surface area contributed by atoms with Crippen LogP contribution in [0.1, 0.15) is 21.6 Å². The van der Waals surface area contributed by atoms with Crippen molar-refractivity contribution in [1.82, 2.24) is 9.88 Å². The molecule has 0 radical (unpaired) electrons. The van der Waals surface area contributed by atoms with Crippen LogP contribution in [0.5, 0.6) is 0 Å². The fraction of sp³-hybridized carbons (Fsp3) is 0.263. The average Bonchev–Trinajstić information content (AvgIpc) is 2.64. The van der Waals surface area contributed by atoms with Crippen molar-refractivity contribution in [2.45, 2.75) is 12.7 Å². The van der Waals surface area contributed by atoms with Gasteiger partial charge in [0.05, 0.1) is 5.56 Å². The molecule has 1 aromatic carbocycles. The first-order valence-electron chi connectivity index (χ1n) is 8.45. The lowest BCUT2D eigenvalue weighted by molar-refractivity contribution is -0.141. The Hall–Kier alpha value is -2.88. The lowest BCUT2D eigenvalue weighted by Gasteiger charge is -2.19. The van der Waals surface area contributed by atoms with Gasteiger partial charge in [-0.3, -0.25) is 4.79 Å². The van der Waals surface area contributed by atoms with E-state index in [2.05, 4.69) is 10.3 Å². The number of anilines is 1. The van der Waals surface area contributed by atoms with Crippen molar-refractivity contribution in [2.24, 2.45) is 0 Å². The standard InChI is InChI=1S/C19H20F3N3O3S/c1-25(11-6-12-29(2,27)28)18(26)15-9-10-16(19(20,21)22)24-17(15)23-13-14-7-4-3-5-8-14/h3-10,12H,11,13H2,1-2H3,(H,23,24)/b12-6+. The molecule has 0 saturated heterocycles. The molecule has 0 fully saturated rings. The molecule has 0 aliphatic rings. The Morgan fingerprint density at radius 3 is 2.41 bits per heavy atom. The molecule has 0 spiro atoms. The van der Waals surface area contributed by atoms with Crippen LogP contribution in [-0.4, -0.2) is 44.1 Å². The van der Waals surface area contributed by atoms with Crippen LogP contribution >= 0.6 is 0 Å². The van der Waals surface area contributed by atoms with Gasteiger partial charge in [0, 0.05) is 31.8 Å². The predicted octanol–water partition coefficient (Wildman–Crippen LogP) is 3.34. The minimum atomic E-state index is -4.66. The highest BCUT2D eigenvalue weighted by atomic mass is 32.2. The number of alkyl halides is 3. The van der Waals surface area contributed by atoms with Crippen LogP contribution < -0.4 is 5.32 Å². The molecule has 0 unspecified atom stereocenters. The highest BCUT2D eigenvalue weighted by Gasteiger charge is 2.33. The third-order valence-corrected chi connectivity index (χ3v) is 4.48. The number of carbonyl (C=O) groups is 1. The van der Waals surface area contributed by atoms with Gasteiger partial charge in [-0.1, -0.05) is 36.4 Å². The van der Waals surface area contributed by atoms with Crippen LogP contribution in [0.3, 0.4) is 0 Å². The van der Waals surface area contributed by atoms with Crippen molar-refractivity contribution in [2.75, 3.05) is 25.2 Å². The van der Waals surface area contributed by atoms with Crippen LogP contribution in [0, 0.1) is 0 Å². The van der Waals surface area contributed by atoms with Crippen molar-refractivity contribution >= 4 is 21.6 Å². The lowest BCUT2D eigenvalue weighted by Crippen LogP contribution is -2.28. The van der Waals surface area contributed by atoms with Crippen LogP contribution in [0.4, 0.5) is 19.0 Å². The Kier molecular flexibility index (Phi) is 7.02. The van der Waals surface area contributed by atoms with Crippen LogP contribution in [0.25, 0.3) is 0 Å². The largest absolute Gasteiger partial charge is 0.433 e. The number of nitrogens with zero attached hydrogens (tertiary/aromatic N) is 2. The molecule has 6 nitrogen and oxygen atoms in total. The van der Waals surface area contributed by atoms with E-state index in [9.17, 15) is 26.4 Å². The Morgan fingerprint density at radius 1 is 1.17 bits per heavy atom. The van der Waals surface area contributed by atoms with E-state index < -0.39 is 27.6 Å². The number of likely N-dealkylation sites (N-methyl/N-ethyl adjacent to an activating group) is 1. The van der Waals surface area contributed by atoms with Gasteiger partial charge < -0.3 is 10.2 Å². The van der Waals surface area contributed by atoms with E-state index in [1.807, 2.05) is 0 Å². The van der Waals surface area contributed by atoms with Gasteiger partial charge in [-0.2, -0.15) is 13.2 Å². The van der Waals surface area contributed by atoms with Crippen molar-refractivity contribution in [3.05, 3.63) is 70.8 Å². The number of halogens is 3. The number of aromatic nitrogens is 1. The number of nitrogens with one attached hydrogen (secondary N) is 1. The number of hydrogen-bond acceptors (Lipinski definition) is 5. The maximum atomic E-state index is 13.0. The number of carbonyl (C=O) groups excluding carboxylic acids is 1. The Morgan fingerprint density at radius 2 is 1.83 bits per heavy atom. The summed E-state index contributed by atoms with van der Waals surface area (Å²) in [4.78, 5) is 17.4. The minimum Gasteiger partial charge on any atom is -0.365 e. The van der Waals surface area contributed by atoms with Gasteiger partial charge in [0.1, 0.15) is 11.5 Å². The summed E-state index contributed by atoms with van der Waals surface area (Å²) in [5.74, 6) is -0.799. The van der Waals surface area contributed by atoms with Crippen LogP contribution in [-0.2, 0) is 22.6 Å². The van der Waals surface area contributed by atoms with Gasteiger partial charge in [-0.25, -0.2) is 13.4 Å². The zero-order valence-corrected chi connectivity index (χ0v) is 16.6. The summed E-state index contributed by atoms with van der Waals surface area (Å²) in [6.45, 7) is 0.137. The van der Waals surface area contributed by atoms with Gasteiger partial charge in [0.15, 0.2) is 9.84 Å². The monoisotopic (exact) mass is 427 g/mol. The first-order valence-corrected chi connectivity index (χ1v) is 10.4. The van der Waals surface area contributed by atoms with E-state index in [4.69, 9.17) is 0 Å². The Balaban J connectivity index is 2.28. The summed E-state index contributed by atoms with van der Waals surface area (Å²) in [7, 11) is -1.94. The summed E-state index contributed by atoms with van der Waals surface area (Å²) >= 11 is 0. The topological polar surface area (TPSA) is 79.4 Å². The van der Waals surface area contributed by atoms with Gasteiger partial charge in [0.25, 0.3) is 5.91 Å². The van der Waals surface area contributed by atoms with Gasteiger partial charge in [-0.05, 0) is 17.7 Å². The molecule has 10 heteroatoms. The number of hydrogen-bond donors (Lipinski definition) is 1. The SMILES string of the molecule is CN(C/C=C/S(C)(=O)=O)C(=O)c1ccc(C(F)(F)F)nc1NCc1ccccc1. The molecule has 0 saturated carbocycles. The number of sulfone groups is 1. The first-order chi connectivity index (χ1) is 13.5. The number of rotatable bonds is 7. The zero-order valence-electron chi connectivity index (χ0n) is 15.8. The summed E-state index contributed by atoms with van der Waals surface area (Å²) in [6, 6.07) is 10.7. The Labute approximate surface area is 167 Å². The van der Waals surface area contributed by atoms with E-state index in [-0.39, 0.29) is 24.5 Å². The maximum Gasteiger partial charge on any atom is 0.433 e. The lowest BCUT2D eigenvalue weighted by atomic mass is 10.1. The van der Waals surface area contributed by atoms with Crippen molar-refractivity contribution in [1.29, 1.82) is 0 Å². The molecular formula is C19H20F3N3O3S. The zero-order chi connectivity index (χ0) is 21.7. The second-order valence-corrected chi connectivity index (χ2v) is 8.25. The molecule has 0 atom stereocenters. The summed E-state index contributed by atoms with van der Waals surface area (Å²) in [5, 5.41) is 3.74. The molecule has 0 aliphatic carbocycles. The van der Waals surface area contributed by atoms with E-state index in [1.54, 1.807) is 30.3 Å². The number of benzene rings is 1. The van der Waals surface area contributed by atoms with Crippen LogP contribution in [0.15, 0.2) is 53.9 Å². The van der Waals surface area contributed by atoms with E-state index in [0.717, 1.165) is 29.4 Å². The van der Waals surface area contributed by atoms with E-state index in [1.165, 1.54) is 18.0 Å².